The van der Waals surface area contributed by atoms with Crippen LogP contribution in [0, 0.1) is 6.92 Å². The van der Waals surface area contributed by atoms with Crippen LogP contribution in [0.5, 0.6) is 0 Å². The third-order valence-electron chi connectivity index (χ3n) is 2.41. The molecule has 2 heterocycles. The van der Waals surface area contributed by atoms with Gasteiger partial charge < -0.3 is 4.42 Å². The molecular formula is C10H14N4O. The van der Waals surface area contributed by atoms with Crippen LogP contribution < -0.4 is 11.3 Å². The molecule has 1 atom stereocenters. The van der Waals surface area contributed by atoms with Crippen LogP contribution in [0.1, 0.15) is 22.9 Å². The van der Waals surface area contributed by atoms with Gasteiger partial charge in [0.1, 0.15) is 0 Å². The second-order valence-electron chi connectivity index (χ2n) is 3.50. The van der Waals surface area contributed by atoms with Crippen LogP contribution in [-0.4, -0.2) is 9.78 Å². The quantitative estimate of drug-likeness (QED) is 0.577. The van der Waals surface area contributed by atoms with E-state index in [4.69, 9.17) is 10.3 Å². The minimum atomic E-state index is -0.0718. The minimum absolute atomic E-state index is 0.0718. The van der Waals surface area contributed by atoms with E-state index in [1.807, 2.05) is 26.2 Å². The highest BCUT2D eigenvalue weighted by Crippen LogP contribution is 2.23. The van der Waals surface area contributed by atoms with Gasteiger partial charge in [0, 0.05) is 24.4 Å². The molecule has 15 heavy (non-hydrogen) atoms. The van der Waals surface area contributed by atoms with Crippen molar-refractivity contribution in [2.45, 2.75) is 13.0 Å². The number of hydrogen-bond donors (Lipinski definition) is 2. The fourth-order valence-electron chi connectivity index (χ4n) is 1.71. The van der Waals surface area contributed by atoms with Gasteiger partial charge in [-0.15, -0.1) is 0 Å². The molecule has 0 fully saturated rings. The molecule has 1 unspecified atom stereocenters. The van der Waals surface area contributed by atoms with Gasteiger partial charge in [0.15, 0.2) is 0 Å². The van der Waals surface area contributed by atoms with E-state index >= 15 is 0 Å². The second-order valence-corrected chi connectivity index (χ2v) is 3.50. The summed E-state index contributed by atoms with van der Waals surface area (Å²) in [6, 6.07) is 1.81. The van der Waals surface area contributed by atoms with E-state index in [1.54, 1.807) is 17.2 Å². The molecule has 0 spiro atoms. The summed E-state index contributed by atoms with van der Waals surface area (Å²) in [5.74, 6) is 5.55. The lowest BCUT2D eigenvalue weighted by atomic mass is 10.0. The van der Waals surface area contributed by atoms with Gasteiger partial charge in [-0.25, -0.2) is 5.43 Å². The molecule has 0 saturated heterocycles. The monoisotopic (exact) mass is 206 g/mol. The van der Waals surface area contributed by atoms with Crippen molar-refractivity contribution in [3.63, 3.8) is 0 Å². The maximum atomic E-state index is 5.55. The molecule has 2 rings (SSSR count). The van der Waals surface area contributed by atoms with E-state index in [2.05, 4.69) is 10.5 Å². The molecule has 0 bridgehead atoms. The molecule has 80 valence electrons. The summed E-state index contributed by atoms with van der Waals surface area (Å²) in [6.07, 6.45) is 5.26. The first-order valence-corrected chi connectivity index (χ1v) is 4.70. The Morgan fingerprint density at radius 3 is 2.87 bits per heavy atom. The molecule has 5 heteroatoms. The summed E-state index contributed by atoms with van der Waals surface area (Å²) < 4.78 is 6.82. The van der Waals surface area contributed by atoms with Crippen molar-refractivity contribution in [3.05, 3.63) is 41.6 Å². The van der Waals surface area contributed by atoms with Crippen molar-refractivity contribution < 1.29 is 4.42 Å². The van der Waals surface area contributed by atoms with Gasteiger partial charge in [-0.3, -0.25) is 10.5 Å². The Kier molecular flexibility index (Phi) is 2.57. The summed E-state index contributed by atoms with van der Waals surface area (Å²) in [6.45, 7) is 1.96. The zero-order valence-electron chi connectivity index (χ0n) is 8.77. The molecule has 0 aliphatic heterocycles. The van der Waals surface area contributed by atoms with Crippen molar-refractivity contribution in [2.24, 2.45) is 12.9 Å². The van der Waals surface area contributed by atoms with Crippen LogP contribution in [0.4, 0.5) is 0 Å². The predicted octanol–water partition coefficient (Wildman–Crippen LogP) is 0.874. The van der Waals surface area contributed by atoms with E-state index in [0.717, 1.165) is 16.8 Å². The Labute approximate surface area is 87.8 Å². The Morgan fingerprint density at radius 2 is 2.40 bits per heavy atom. The summed E-state index contributed by atoms with van der Waals surface area (Å²) in [5.41, 5.74) is 5.77. The summed E-state index contributed by atoms with van der Waals surface area (Å²) in [7, 11) is 1.89. The number of aryl methyl sites for hydroxylation is 2. The van der Waals surface area contributed by atoms with Gasteiger partial charge in [-0.05, 0) is 13.0 Å². The molecule has 0 amide bonds. The number of nitrogens with zero attached hydrogens (tertiary/aromatic N) is 2. The van der Waals surface area contributed by atoms with E-state index in [1.165, 1.54) is 0 Å². The van der Waals surface area contributed by atoms with Gasteiger partial charge >= 0.3 is 0 Å². The Balaban J connectivity index is 2.39. The van der Waals surface area contributed by atoms with Crippen molar-refractivity contribution in [2.75, 3.05) is 0 Å². The zero-order chi connectivity index (χ0) is 10.8. The number of hydrogen-bond acceptors (Lipinski definition) is 4. The highest BCUT2D eigenvalue weighted by atomic mass is 16.3. The number of furan rings is 1. The highest BCUT2D eigenvalue weighted by molar-refractivity contribution is 5.30. The summed E-state index contributed by atoms with van der Waals surface area (Å²) in [4.78, 5) is 0. The van der Waals surface area contributed by atoms with Crippen LogP contribution in [0.3, 0.4) is 0 Å². The fraction of sp³-hybridized carbons (Fsp3) is 0.300. The minimum Gasteiger partial charge on any atom is -0.472 e. The van der Waals surface area contributed by atoms with Gasteiger partial charge in [-0.2, -0.15) is 5.10 Å². The van der Waals surface area contributed by atoms with Crippen molar-refractivity contribution in [1.82, 2.24) is 15.2 Å². The summed E-state index contributed by atoms with van der Waals surface area (Å²) in [5, 5.41) is 4.28. The van der Waals surface area contributed by atoms with E-state index in [9.17, 15) is 0 Å². The largest absolute Gasteiger partial charge is 0.472 e. The third-order valence-corrected chi connectivity index (χ3v) is 2.41. The molecule has 0 radical (unpaired) electrons. The van der Waals surface area contributed by atoms with Gasteiger partial charge in [-0.1, -0.05) is 0 Å². The smallest absolute Gasteiger partial charge is 0.0954 e. The maximum Gasteiger partial charge on any atom is 0.0954 e. The zero-order valence-corrected chi connectivity index (χ0v) is 8.77. The molecule has 0 aliphatic rings. The lowest BCUT2D eigenvalue weighted by Crippen LogP contribution is -2.28. The molecule has 0 aliphatic carbocycles. The molecule has 5 nitrogen and oxygen atoms in total. The number of nitrogens with one attached hydrogen (secondary N) is 1. The first kappa shape index (κ1) is 9.95. The Morgan fingerprint density at radius 1 is 1.60 bits per heavy atom. The van der Waals surface area contributed by atoms with E-state index in [-0.39, 0.29) is 6.04 Å². The van der Waals surface area contributed by atoms with Crippen LogP contribution in [-0.2, 0) is 7.05 Å². The maximum absolute atomic E-state index is 5.55. The SMILES string of the molecule is Cc1nn(C)cc1C(NN)c1ccoc1. The average molecular weight is 206 g/mol. The van der Waals surface area contributed by atoms with Gasteiger partial charge in [0.05, 0.1) is 24.3 Å². The lowest BCUT2D eigenvalue weighted by molar-refractivity contribution is 0.553. The first-order chi connectivity index (χ1) is 7.22. The predicted molar refractivity (Wildman–Crippen MR) is 55.8 cm³/mol. The lowest BCUT2D eigenvalue weighted by Gasteiger charge is -2.12. The van der Waals surface area contributed by atoms with Crippen LogP contribution >= 0.6 is 0 Å². The molecule has 0 aromatic carbocycles. The first-order valence-electron chi connectivity index (χ1n) is 4.70. The Bertz CT molecular complexity index is 432. The number of nitrogens with two attached hydrogens (primary N) is 1. The van der Waals surface area contributed by atoms with Crippen molar-refractivity contribution in [1.29, 1.82) is 0 Å². The van der Waals surface area contributed by atoms with E-state index < -0.39 is 0 Å². The van der Waals surface area contributed by atoms with E-state index in [0.29, 0.717) is 0 Å². The van der Waals surface area contributed by atoms with Gasteiger partial charge in [0.25, 0.3) is 0 Å². The molecule has 0 saturated carbocycles. The van der Waals surface area contributed by atoms with Crippen LogP contribution in [0.2, 0.25) is 0 Å². The van der Waals surface area contributed by atoms with Crippen molar-refractivity contribution >= 4 is 0 Å². The number of aromatic nitrogens is 2. The Hall–Kier alpha value is -1.59. The molecule has 3 N–H and O–H groups in total. The number of hydrazine groups is 1. The average Bonchev–Trinajstić information content (AvgIpc) is 2.79. The second kappa shape index (κ2) is 3.88. The van der Waals surface area contributed by atoms with Crippen LogP contribution in [0.15, 0.2) is 29.2 Å². The summed E-state index contributed by atoms with van der Waals surface area (Å²) >= 11 is 0. The molecular weight excluding hydrogens is 192 g/mol. The highest BCUT2D eigenvalue weighted by Gasteiger charge is 2.17. The number of rotatable bonds is 3. The third kappa shape index (κ3) is 1.79. The standard InChI is InChI=1S/C10H14N4O/c1-7-9(5-14(2)13-7)10(12-11)8-3-4-15-6-8/h3-6,10,12H,11H2,1-2H3. The van der Waals surface area contributed by atoms with Crippen molar-refractivity contribution in [3.8, 4) is 0 Å². The van der Waals surface area contributed by atoms with Crippen LogP contribution in [0.25, 0.3) is 0 Å². The molecule has 2 aromatic rings. The van der Waals surface area contributed by atoms with Gasteiger partial charge in [0.2, 0.25) is 0 Å². The molecule has 2 aromatic heterocycles. The topological polar surface area (TPSA) is 69.0 Å². The fourth-order valence-corrected chi connectivity index (χ4v) is 1.71. The normalized spacial score (nSPS) is 13.0.